The van der Waals surface area contributed by atoms with Gasteiger partial charge in [0.15, 0.2) is 0 Å². The fraction of sp³-hybridized carbons (Fsp3) is 0.565. The molecule has 28 heavy (non-hydrogen) atoms. The fourth-order valence-corrected chi connectivity index (χ4v) is 6.51. The van der Waals surface area contributed by atoms with Gasteiger partial charge in [-0.25, -0.2) is 4.98 Å². The second-order valence-electron chi connectivity index (χ2n) is 9.24. The summed E-state index contributed by atoms with van der Waals surface area (Å²) in [6.07, 6.45) is 10.9. The Morgan fingerprint density at radius 2 is 1.82 bits per heavy atom. The molecule has 5 heteroatoms. The Balaban J connectivity index is 1.49. The van der Waals surface area contributed by atoms with Crippen molar-refractivity contribution in [2.75, 3.05) is 7.11 Å². The van der Waals surface area contributed by atoms with E-state index in [2.05, 4.69) is 10.3 Å². The van der Waals surface area contributed by atoms with Crippen LogP contribution in [0.2, 0.25) is 0 Å². The van der Waals surface area contributed by atoms with Crippen molar-refractivity contribution in [3.05, 3.63) is 48.0 Å². The van der Waals surface area contributed by atoms with E-state index in [1.165, 1.54) is 19.3 Å². The number of aromatic nitrogens is 2. The van der Waals surface area contributed by atoms with Crippen LogP contribution in [0.3, 0.4) is 0 Å². The average Bonchev–Trinajstić information content (AvgIpc) is 3.10. The topological polar surface area (TPSA) is 56.1 Å². The summed E-state index contributed by atoms with van der Waals surface area (Å²) < 4.78 is 7.59. The maximum Gasteiger partial charge on any atom is 0.227 e. The minimum Gasteiger partial charge on any atom is -0.496 e. The lowest BCUT2D eigenvalue weighted by Crippen LogP contribution is -2.54. The van der Waals surface area contributed by atoms with Crippen LogP contribution in [0.1, 0.15) is 56.0 Å². The van der Waals surface area contributed by atoms with Crippen molar-refractivity contribution < 1.29 is 9.53 Å². The number of amides is 1. The Bertz CT molecular complexity index is 852. The molecule has 1 aromatic heterocycles. The largest absolute Gasteiger partial charge is 0.496 e. The van der Waals surface area contributed by atoms with E-state index in [0.29, 0.717) is 0 Å². The van der Waals surface area contributed by atoms with Crippen LogP contribution >= 0.6 is 0 Å². The van der Waals surface area contributed by atoms with E-state index in [1.807, 2.05) is 42.1 Å². The van der Waals surface area contributed by atoms with Gasteiger partial charge in [-0.15, -0.1) is 0 Å². The zero-order valence-electron chi connectivity index (χ0n) is 16.7. The molecule has 5 nitrogen and oxygen atoms in total. The van der Waals surface area contributed by atoms with Gasteiger partial charge in [0.1, 0.15) is 17.6 Å². The predicted octanol–water partition coefficient (Wildman–Crippen LogP) is 3.85. The van der Waals surface area contributed by atoms with E-state index in [-0.39, 0.29) is 17.4 Å². The molecule has 1 heterocycles. The van der Waals surface area contributed by atoms with E-state index >= 15 is 0 Å². The van der Waals surface area contributed by atoms with Crippen molar-refractivity contribution in [2.45, 2.75) is 44.6 Å². The van der Waals surface area contributed by atoms with E-state index in [1.54, 1.807) is 13.3 Å². The van der Waals surface area contributed by atoms with Crippen LogP contribution in [0, 0.1) is 23.2 Å². The average molecular weight is 380 g/mol. The van der Waals surface area contributed by atoms with Crippen molar-refractivity contribution in [3.63, 3.8) is 0 Å². The normalized spacial score (nSPS) is 31.6. The van der Waals surface area contributed by atoms with Gasteiger partial charge in [0.2, 0.25) is 5.91 Å². The molecule has 1 unspecified atom stereocenters. The van der Waals surface area contributed by atoms with Gasteiger partial charge >= 0.3 is 0 Å². The van der Waals surface area contributed by atoms with Crippen molar-refractivity contribution in [1.29, 1.82) is 0 Å². The predicted molar refractivity (Wildman–Crippen MR) is 107 cm³/mol. The first-order chi connectivity index (χ1) is 13.6. The number of carbonyl (C=O) groups excluding carboxylic acids is 1. The van der Waals surface area contributed by atoms with Crippen molar-refractivity contribution >= 4 is 5.91 Å². The number of ether oxygens (including phenoxy) is 1. The molecule has 148 valence electrons. The first kappa shape index (κ1) is 17.8. The van der Waals surface area contributed by atoms with Gasteiger partial charge in [0, 0.05) is 30.4 Å². The first-order valence-corrected chi connectivity index (χ1v) is 10.5. The summed E-state index contributed by atoms with van der Waals surface area (Å²) in [6, 6.07) is 7.61. The van der Waals surface area contributed by atoms with Gasteiger partial charge in [0.05, 0.1) is 7.11 Å². The fourth-order valence-electron chi connectivity index (χ4n) is 6.51. The Morgan fingerprint density at radius 1 is 1.18 bits per heavy atom. The summed E-state index contributed by atoms with van der Waals surface area (Å²) in [5.41, 5.74) is 0.776. The third kappa shape index (κ3) is 2.83. The second-order valence-corrected chi connectivity index (χ2v) is 9.24. The van der Waals surface area contributed by atoms with Crippen LogP contribution in [0.15, 0.2) is 36.7 Å². The number of rotatable bonds is 5. The minimum atomic E-state index is -0.309. The number of hydrogen-bond acceptors (Lipinski definition) is 3. The molecule has 6 rings (SSSR count). The molecule has 0 aliphatic heterocycles. The van der Waals surface area contributed by atoms with Crippen LogP contribution < -0.4 is 10.1 Å². The number of nitrogens with one attached hydrogen (secondary N) is 1. The van der Waals surface area contributed by atoms with E-state index in [0.717, 1.165) is 54.2 Å². The molecule has 4 aliphatic rings. The SMILES string of the molecule is COc1ccccc1C(NC(=O)C12CC3CC(CC(C3)C1)C2)c1nccn1C. The van der Waals surface area contributed by atoms with E-state index in [9.17, 15) is 4.79 Å². The number of benzene rings is 1. The smallest absolute Gasteiger partial charge is 0.227 e. The maximum absolute atomic E-state index is 13.7. The van der Waals surface area contributed by atoms with Crippen LogP contribution in [0.25, 0.3) is 0 Å². The number of carbonyl (C=O) groups is 1. The van der Waals surface area contributed by atoms with Crippen molar-refractivity contribution in [2.24, 2.45) is 30.2 Å². The summed E-state index contributed by atoms with van der Waals surface area (Å²) in [5, 5.41) is 3.41. The summed E-state index contributed by atoms with van der Waals surface area (Å²) in [6.45, 7) is 0. The number of aryl methyl sites for hydroxylation is 1. The number of para-hydroxylation sites is 1. The van der Waals surface area contributed by atoms with Crippen LogP contribution in [0.5, 0.6) is 5.75 Å². The monoisotopic (exact) mass is 379 g/mol. The Hall–Kier alpha value is -2.30. The van der Waals surface area contributed by atoms with Gasteiger partial charge in [-0.05, 0) is 62.3 Å². The highest BCUT2D eigenvalue weighted by Gasteiger charge is 2.55. The molecular weight excluding hydrogens is 350 g/mol. The van der Waals surface area contributed by atoms with Gasteiger partial charge in [-0.2, -0.15) is 0 Å². The van der Waals surface area contributed by atoms with Gasteiger partial charge in [-0.3, -0.25) is 4.79 Å². The number of hydrogen-bond donors (Lipinski definition) is 1. The summed E-state index contributed by atoms with van der Waals surface area (Å²) >= 11 is 0. The lowest BCUT2D eigenvalue weighted by Gasteiger charge is -2.55. The first-order valence-electron chi connectivity index (χ1n) is 10.5. The maximum atomic E-state index is 13.7. The lowest BCUT2D eigenvalue weighted by molar-refractivity contribution is -0.146. The van der Waals surface area contributed by atoms with Crippen LogP contribution in [-0.2, 0) is 11.8 Å². The Morgan fingerprint density at radius 3 is 2.39 bits per heavy atom. The van der Waals surface area contributed by atoms with Gasteiger partial charge < -0.3 is 14.6 Å². The molecule has 0 radical (unpaired) electrons. The Labute approximate surface area is 166 Å². The molecule has 2 aromatic rings. The molecule has 1 N–H and O–H groups in total. The summed E-state index contributed by atoms with van der Waals surface area (Å²) in [7, 11) is 3.65. The highest BCUT2D eigenvalue weighted by Crippen LogP contribution is 2.60. The third-order valence-corrected chi connectivity index (χ3v) is 7.36. The van der Waals surface area contributed by atoms with E-state index < -0.39 is 0 Å². The number of imidazole rings is 1. The van der Waals surface area contributed by atoms with Gasteiger partial charge in [-0.1, -0.05) is 18.2 Å². The summed E-state index contributed by atoms with van der Waals surface area (Å²) in [5.74, 6) is 4.06. The van der Waals surface area contributed by atoms with E-state index in [4.69, 9.17) is 4.74 Å². The molecule has 4 aliphatic carbocycles. The van der Waals surface area contributed by atoms with Crippen molar-refractivity contribution in [3.8, 4) is 5.75 Å². The standard InChI is InChI=1S/C23H29N3O2/c1-26-8-7-24-21(26)20(18-5-3-4-6-19(18)28-2)25-22(27)23-12-15-9-16(13-23)11-17(10-15)14-23/h3-8,15-17,20H,9-14H2,1-2H3,(H,25,27). The molecule has 4 saturated carbocycles. The zero-order valence-corrected chi connectivity index (χ0v) is 16.7. The molecule has 1 atom stereocenters. The molecule has 1 aromatic carbocycles. The van der Waals surface area contributed by atoms with Crippen LogP contribution in [-0.4, -0.2) is 22.6 Å². The number of nitrogens with zero attached hydrogens (tertiary/aromatic N) is 2. The summed E-state index contributed by atoms with van der Waals surface area (Å²) in [4.78, 5) is 18.3. The van der Waals surface area contributed by atoms with Crippen LogP contribution in [0.4, 0.5) is 0 Å². The minimum absolute atomic E-state index is 0.180. The molecule has 1 amide bonds. The van der Waals surface area contributed by atoms with Gasteiger partial charge in [0.25, 0.3) is 0 Å². The zero-order chi connectivity index (χ0) is 19.3. The highest BCUT2D eigenvalue weighted by atomic mass is 16.5. The highest BCUT2D eigenvalue weighted by molar-refractivity contribution is 5.84. The number of methoxy groups -OCH3 is 1. The van der Waals surface area contributed by atoms with Crippen molar-refractivity contribution in [1.82, 2.24) is 14.9 Å². The molecule has 4 fully saturated rings. The third-order valence-electron chi connectivity index (χ3n) is 7.36. The quantitative estimate of drug-likeness (QED) is 0.858. The molecule has 0 saturated heterocycles. The molecular formula is C23H29N3O2. The second kappa shape index (κ2) is 6.64. The molecule has 0 spiro atoms. The molecule has 4 bridgehead atoms. The lowest BCUT2D eigenvalue weighted by atomic mass is 9.49. The Kier molecular flexibility index (Phi) is 4.22.